The van der Waals surface area contributed by atoms with Gasteiger partial charge in [-0.1, -0.05) is 26.2 Å². The fourth-order valence-corrected chi connectivity index (χ4v) is 2.81. The van der Waals surface area contributed by atoms with E-state index in [0.717, 1.165) is 18.6 Å². The zero-order valence-electron chi connectivity index (χ0n) is 18.4. The molecule has 2 N–H and O–H groups in total. The van der Waals surface area contributed by atoms with Crippen LogP contribution >= 0.6 is 0 Å². The number of ketones is 1. The van der Waals surface area contributed by atoms with Crippen LogP contribution in [0.4, 0.5) is 11.4 Å². The predicted octanol–water partition coefficient (Wildman–Crippen LogP) is 5.37. The highest BCUT2D eigenvalue weighted by molar-refractivity contribution is 6.10. The van der Waals surface area contributed by atoms with Crippen molar-refractivity contribution in [3.8, 4) is 5.75 Å². The van der Waals surface area contributed by atoms with Gasteiger partial charge < -0.3 is 15.4 Å². The molecule has 164 valence electrons. The predicted molar refractivity (Wildman–Crippen MR) is 124 cm³/mol. The third kappa shape index (κ3) is 8.46. The average molecular weight is 423 g/mol. The molecule has 0 bridgehead atoms. The lowest BCUT2D eigenvalue weighted by molar-refractivity contribution is -0.114. The van der Waals surface area contributed by atoms with Crippen LogP contribution in [0.25, 0.3) is 0 Å². The molecule has 0 aliphatic rings. The van der Waals surface area contributed by atoms with Crippen LogP contribution in [0.1, 0.15) is 56.8 Å². The molecule has 0 aliphatic carbocycles. The van der Waals surface area contributed by atoms with Gasteiger partial charge in [0.15, 0.2) is 5.78 Å². The number of rotatable bonds is 11. The minimum atomic E-state index is -0.421. The van der Waals surface area contributed by atoms with E-state index in [1.807, 2.05) is 12.1 Å². The zero-order chi connectivity index (χ0) is 22.6. The Hall–Kier alpha value is -3.41. The number of carbonyl (C=O) groups is 3. The molecule has 6 nitrogen and oxygen atoms in total. The topological polar surface area (TPSA) is 84.5 Å². The van der Waals surface area contributed by atoms with Gasteiger partial charge in [0.25, 0.3) is 5.91 Å². The Kier molecular flexibility index (Phi) is 9.49. The maximum Gasteiger partial charge on any atom is 0.251 e. The van der Waals surface area contributed by atoms with Crippen LogP contribution in [-0.2, 0) is 9.59 Å². The van der Waals surface area contributed by atoms with Crippen LogP contribution in [0.2, 0.25) is 0 Å². The molecule has 0 aromatic heterocycles. The normalized spacial score (nSPS) is 11.0. The molecule has 31 heavy (non-hydrogen) atoms. The molecule has 0 saturated heterocycles. The molecule has 0 saturated carbocycles. The van der Waals surface area contributed by atoms with E-state index in [0.29, 0.717) is 23.5 Å². The molecule has 0 heterocycles. The van der Waals surface area contributed by atoms with Gasteiger partial charge in [-0.05, 0) is 68.8 Å². The third-order valence-corrected chi connectivity index (χ3v) is 4.64. The maximum absolute atomic E-state index is 12.3. The van der Waals surface area contributed by atoms with Gasteiger partial charge in [-0.3, -0.25) is 14.4 Å². The van der Waals surface area contributed by atoms with E-state index in [1.165, 1.54) is 25.8 Å². The van der Waals surface area contributed by atoms with Gasteiger partial charge in [0.05, 0.1) is 6.61 Å². The summed E-state index contributed by atoms with van der Waals surface area (Å²) in [7, 11) is 0. The van der Waals surface area contributed by atoms with Crippen molar-refractivity contribution in [2.45, 2.75) is 46.5 Å². The lowest BCUT2D eigenvalue weighted by Crippen LogP contribution is -2.16. The Labute approximate surface area is 183 Å². The van der Waals surface area contributed by atoms with E-state index in [-0.39, 0.29) is 17.3 Å². The molecule has 0 unspecified atom stereocenters. The highest BCUT2D eigenvalue weighted by Crippen LogP contribution is 2.17. The van der Waals surface area contributed by atoms with Crippen molar-refractivity contribution < 1.29 is 19.1 Å². The van der Waals surface area contributed by atoms with E-state index in [9.17, 15) is 14.4 Å². The summed E-state index contributed by atoms with van der Waals surface area (Å²) in [6, 6.07) is 13.7. The molecule has 2 rings (SSSR count). The molecule has 2 amide bonds. The van der Waals surface area contributed by atoms with Crippen molar-refractivity contribution in [1.29, 1.82) is 0 Å². The minimum absolute atomic E-state index is 0.0446. The van der Waals surface area contributed by atoms with Gasteiger partial charge >= 0.3 is 0 Å². The number of anilines is 2. The summed E-state index contributed by atoms with van der Waals surface area (Å²) in [5.74, 6) is -0.0702. The molecule has 0 fully saturated rings. The molecule has 0 spiro atoms. The summed E-state index contributed by atoms with van der Waals surface area (Å²) in [6.45, 7) is 5.90. The summed E-state index contributed by atoms with van der Waals surface area (Å²) < 4.78 is 5.69. The van der Waals surface area contributed by atoms with Crippen LogP contribution in [0.15, 0.2) is 60.2 Å². The molecule has 0 aliphatic heterocycles. The van der Waals surface area contributed by atoms with Gasteiger partial charge in [-0.2, -0.15) is 0 Å². The number of unbranched alkanes of at least 4 members (excludes halogenated alkanes) is 3. The first-order valence-corrected chi connectivity index (χ1v) is 10.5. The standard InChI is InChI=1S/C25H30N2O4/c1-4-5-6-7-16-31-23-14-12-22(13-15-23)27-25(30)18(2)17-24(29)26-21-10-8-20(9-11-21)19(3)28/h8-15,17H,4-7,16H2,1-3H3,(H,26,29)(H,27,30)/b18-17-. The van der Waals surface area contributed by atoms with Gasteiger partial charge in [-0.15, -0.1) is 0 Å². The van der Waals surface area contributed by atoms with Crippen molar-refractivity contribution in [3.63, 3.8) is 0 Å². The Morgan fingerprint density at radius 1 is 0.839 bits per heavy atom. The number of benzene rings is 2. The summed E-state index contributed by atoms with van der Waals surface area (Å²) in [5, 5.41) is 5.44. The largest absolute Gasteiger partial charge is 0.494 e. The summed E-state index contributed by atoms with van der Waals surface area (Å²) in [6.07, 6.45) is 5.83. The quantitative estimate of drug-likeness (QED) is 0.290. The Morgan fingerprint density at radius 2 is 1.45 bits per heavy atom. The molecular formula is C25H30N2O4. The minimum Gasteiger partial charge on any atom is -0.494 e. The maximum atomic E-state index is 12.3. The molecule has 2 aromatic rings. The fourth-order valence-electron chi connectivity index (χ4n) is 2.81. The van der Waals surface area contributed by atoms with E-state index in [4.69, 9.17) is 4.74 Å². The number of amides is 2. The first-order chi connectivity index (χ1) is 14.9. The Morgan fingerprint density at radius 3 is 2.06 bits per heavy atom. The number of Topliss-reactive ketones (excluding diaryl/α,β-unsaturated/α-hetero) is 1. The van der Waals surface area contributed by atoms with Gasteiger partial charge in [0.1, 0.15) is 5.75 Å². The second-order valence-electron chi connectivity index (χ2n) is 7.34. The highest BCUT2D eigenvalue weighted by atomic mass is 16.5. The van der Waals surface area contributed by atoms with E-state index in [1.54, 1.807) is 43.3 Å². The van der Waals surface area contributed by atoms with Crippen LogP contribution in [0.3, 0.4) is 0 Å². The van der Waals surface area contributed by atoms with Crippen molar-refractivity contribution in [1.82, 2.24) is 0 Å². The second-order valence-corrected chi connectivity index (χ2v) is 7.34. The average Bonchev–Trinajstić information content (AvgIpc) is 2.75. The Bertz CT molecular complexity index is 916. The van der Waals surface area contributed by atoms with E-state index in [2.05, 4.69) is 17.6 Å². The zero-order valence-corrected chi connectivity index (χ0v) is 18.4. The SMILES string of the molecule is CCCCCCOc1ccc(NC(=O)/C(C)=C\C(=O)Nc2ccc(C(C)=O)cc2)cc1. The number of hydrogen-bond acceptors (Lipinski definition) is 4. The van der Waals surface area contributed by atoms with Gasteiger partial charge in [0, 0.05) is 28.6 Å². The number of nitrogens with one attached hydrogen (secondary N) is 2. The van der Waals surface area contributed by atoms with Crippen molar-refractivity contribution >= 4 is 29.0 Å². The summed E-state index contributed by atoms with van der Waals surface area (Å²) in [4.78, 5) is 35.8. The lowest BCUT2D eigenvalue weighted by atomic mass is 10.1. The van der Waals surface area contributed by atoms with Gasteiger partial charge in [0.2, 0.25) is 5.91 Å². The van der Waals surface area contributed by atoms with Crippen LogP contribution in [0, 0.1) is 0 Å². The summed E-state index contributed by atoms with van der Waals surface area (Å²) in [5.41, 5.74) is 2.01. The van der Waals surface area contributed by atoms with E-state index >= 15 is 0 Å². The third-order valence-electron chi connectivity index (χ3n) is 4.64. The molecule has 6 heteroatoms. The lowest BCUT2D eigenvalue weighted by Gasteiger charge is -2.09. The number of hydrogen-bond donors (Lipinski definition) is 2. The van der Waals surface area contributed by atoms with Crippen molar-refractivity contribution in [2.24, 2.45) is 0 Å². The van der Waals surface area contributed by atoms with Gasteiger partial charge in [-0.25, -0.2) is 0 Å². The Balaban J connectivity index is 1.84. The number of ether oxygens (including phenoxy) is 1. The van der Waals surface area contributed by atoms with Crippen LogP contribution in [0.5, 0.6) is 5.75 Å². The monoisotopic (exact) mass is 422 g/mol. The fraction of sp³-hybridized carbons (Fsp3) is 0.320. The van der Waals surface area contributed by atoms with Crippen LogP contribution < -0.4 is 15.4 Å². The smallest absolute Gasteiger partial charge is 0.251 e. The molecular weight excluding hydrogens is 392 g/mol. The second kappa shape index (κ2) is 12.3. The van der Waals surface area contributed by atoms with Crippen molar-refractivity contribution in [2.75, 3.05) is 17.2 Å². The summed E-state index contributed by atoms with van der Waals surface area (Å²) >= 11 is 0. The van der Waals surface area contributed by atoms with Crippen LogP contribution in [-0.4, -0.2) is 24.2 Å². The first kappa shape index (κ1) is 23.9. The molecule has 2 aromatic carbocycles. The highest BCUT2D eigenvalue weighted by Gasteiger charge is 2.08. The first-order valence-electron chi connectivity index (χ1n) is 10.5. The van der Waals surface area contributed by atoms with Crippen molar-refractivity contribution in [3.05, 3.63) is 65.7 Å². The molecule has 0 atom stereocenters. The molecule has 0 radical (unpaired) electrons. The van der Waals surface area contributed by atoms with E-state index < -0.39 is 5.91 Å². The number of carbonyl (C=O) groups excluding carboxylic acids is 3.